The maximum absolute atomic E-state index is 12.3. The molecule has 1 aromatic carbocycles. The second kappa shape index (κ2) is 6.58. The van der Waals surface area contributed by atoms with Gasteiger partial charge in [0.25, 0.3) is 0 Å². The number of ether oxygens (including phenoxy) is 1. The molecule has 0 bridgehead atoms. The van der Waals surface area contributed by atoms with E-state index in [0.29, 0.717) is 22.8 Å². The minimum atomic E-state index is -0.628. The van der Waals surface area contributed by atoms with Gasteiger partial charge in [-0.1, -0.05) is 23.2 Å². The molecule has 0 saturated carbocycles. The van der Waals surface area contributed by atoms with Gasteiger partial charge in [0.1, 0.15) is 6.04 Å². The van der Waals surface area contributed by atoms with Crippen LogP contribution in [0.4, 0.5) is 0 Å². The van der Waals surface area contributed by atoms with Crippen molar-refractivity contribution < 1.29 is 19.1 Å². The zero-order valence-electron chi connectivity index (χ0n) is 12.9. The number of rotatable bonds is 4. The van der Waals surface area contributed by atoms with Crippen LogP contribution in [-0.2, 0) is 14.3 Å². The number of carbonyl (C=O) groups is 3. The van der Waals surface area contributed by atoms with E-state index in [-0.39, 0.29) is 21.6 Å². The fraction of sp³-hybridized carbons (Fsp3) is 0.438. The molecule has 2 heterocycles. The molecular weight excluding hydrogens is 373 g/mol. The van der Waals surface area contributed by atoms with Crippen LogP contribution in [0.1, 0.15) is 30.1 Å². The molecule has 1 aromatic rings. The average molecular weight is 388 g/mol. The number of hydrogen-bond acceptors (Lipinski definition) is 5. The number of ketones is 1. The Morgan fingerprint density at radius 1 is 1.38 bits per heavy atom. The second-order valence-corrected chi connectivity index (χ2v) is 8.24. The molecule has 0 aliphatic carbocycles. The number of hydrogen-bond donors (Lipinski definition) is 0. The maximum atomic E-state index is 12.3. The van der Waals surface area contributed by atoms with Gasteiger partial charge in [-0.05, 0) is 31.5 Å². The fourth-order valence-electron chi connectivity index (χ4n) is 2.98. The molecule has 5 nitrogen and oxygen atoms in total. The Morgan fingerprint density at radius 2 is 2.12 bits per heavy atom. The van der Waals surface area contributed by atoms with Gasteiger partial charge < -0.3 is 9.64 Å². The van der Waals surface area contributed by atoms with Gasteiger partial charge in [0.15, 0.2) is 12.4 Å². The first kappa shape index (κ1) is 17.6. The molecule has 2 saturated heterocycles. The van der Waals surface area contributed by atoms with Gasteiger partial charge in [0.2, 0.25) is 5.91 Å². The lowest BCUT2D eigenvalue weighted by molar-refractivity contribution is -0.152. The summed E-state index contributed by atoms with van der Waals surface area (Å²) in [4.78, 5) is 37.7. The third-order valence-corrected chi connectivity index (χ3v) is 6.55. The van der Waals surface area contributed by atoms with E-state index in [2.05, 4.69) is 0 Å². The van der Waals surface area contributed by atoms with Gasteiger partial charge in [-0.15, -0.1) is 11.8 Å². The molecule has 2 fully saturated rings. The van der Waals surface area contributed by atoms with Crippen LogP contribution in [-0.4, -0.2) is 45.8 Å². The molecule has 1 amide bonds. The monoisotopic (exact) mass is 387 g/mol. The Kier molecular flexibility index (Phi) is 4.82. The Morgan fingerprint density at radius 3 is 2.83 bits per heavy atom. The highest BCUT2D eigenvalue weighted by atomic mass is 35.5. The van der Waals surface area contributed by atoms with Crippen molar-refractivity contribution in [1.82, 2.24) is 4.90 Å². The summed E-state index contributed by atoms with van der Waals surface area (Å²) >= 11 is 13.3. The van der Waals surface area contributed by atoms with Crippen molar-refractivity contribution in [1.29, 1.82) is 0 Å². The molecule has 8 heteroatoms. The van der Waals surface area contributed by atoms with E-state index in [9.17, 15) is 14.4 Å². The summed E-state index contributed by atoms with van der Waals surface area (Å²) in [7, 11) is 0. The van der Waals surface area contributed by atoms with Crippen LogP contribution < -0.4 is 0 Å². The molecule has 2 aliphatic heterocycles. The molecule has 0 spiro atoms. The number of Topliss-reactive ketones (excluding diaryl/α,β-unsaturated/α-hetero) is 1. The summed E-state index contributed by atoms with van der Waals surface area (Å²) in [6.07, 6.45) is 1.16. The van der Waals surface area contributed by atoms with E-state index in [1.165, 1.54) is 18.2 Å². The van der Waals surface area contributed by atoms with Crippen molar-refractivity contribution in [3.8, 4) is 0 Å². The van der Waals surface area contributed by atoms with Crippen LogP contribution in [0.2, 0.25) is 10.0 Å². The van der Waals surface area contributed by atoms with Crippen molar-refractivity contribution >= 4 is 52.6 Å². The van der Waals surface area contributed by atoms with Crippen LogP contribution >= 0.6 is 35.0 Å². The molecule has 2 aliphatic rings. The number of carbonyl (C=O) groups excluding carboxylic acids is 3. The molecule has 2 atom stereocenters. The minimum absolute atomic E-state index is 0.0414. The van der Waals surface area contributed by atoms with Crippen molar-refractivity contribution in [2.75, 3.05) is 12.4 Å². The molecule has 0 aromatic heterocycles. The standard InChI is InChI=1S/C16H15Cl2NO4S/c1-16-5-4-14(21)19(16)12(8-24-16)15(22)23-7-13(20)9-2-3-10(17)11(18)6-9/h2-3,6,12H,4-5,7-8H2,1H3/t12-,16-/m1/s1. The number of nitrogens with zero attached hydrogens (tertiary/aromatic N) is 1. The topological polar surface area (TPSA) is 63.7 Å². The van der Waals surface area contributed by atoms with Gasteiger partial charge >= 0.3 is 5.97 Å². The van der Waals surface area contributed by atoms with E-state index in [0.717, 1.165) is 6.42 Å². The SMILES string of the molecule is C[C@@]12CCC(=O)N1[C@@H](C(=O)OCC(=O)c1ccc(Cl)c(Cl)c1)CS2. The highest BCUT2D eigenvalue weighted by Gasteiger charge is 2.53. The quantitative estimate of drug-likeness (QED) is 0.586. The van der Waals surface area contributed by atoms with E-state index in [1.807, 2.05) is 6.92 Å². The van der Waals surface area contributed by atoms with E-state index >= 15 is 0 Å². The highest BCUT2D eigenvalue weighted by molar-refractivity contribution is 8.01. The number of amides is 1. The Hall–Kier alpha value is -1.24. The lowest BCUT2D eigenvalue weighted by Crippen LogP contribution is -2.46. The van der Waals surface area contributed by atoms with Crippen LogP contribution in [0.25, 0.3) is 0 Å². The summed E-state index contributed by atoms with van der Waals surface area (Å²) in [5, 5.41) is 0.611. The number of esters is 1. The third kappa shape index (κ3) is 3.15. The van der Waals surface area contributed by atoms with Crippen molar-refractivity contribution in [2.24, 2.45) is 0 Å². The molecule has 0 radical (unpaired) electrons. The number of benzene rings is 1. The Bertz CT molecular complexity index is 726. The molecular formula is C16H15Cl2NO4S. The largest absolute Gasteiger partial charge is 0.456 e. The minimum Gasteiger partial charge on any atom is -0.456 e. The number of halogens is 2. The Balaban J connectivity index is 1.62. The zero-order chi connectivity index (χ0) is 17.5. The molecule has 0 unspecified atom stereocenters. The van der Waals surface area contributed by atoms with Crippen molar-refractivity contribution in [3.05, 3.63) is 33.8 Å². The molecule has 24 heavy (non-hydrogen) atoms. The fourth-order valence-corrected chi connectivity index (χ4v) is 4.70. The van der Waals surface area contributed by atoms with E-state index in [1.54, 1.807) is 16.7 Å². The first-order valence-electron chi connectivity index (χ1n) is 7.43. The van der Waals surface area contributed by atoms with E-state index < -0.39 is 18.6 Å². The molecule has 0 N–H and O–H groups in total. The smallest absolute Gasteiger partial charge is 0.330 e. The lowest BCUT2D eigenvalue weighted by Gasteiger charge is -2.29. The van der Waals surface area contributed by atoms with Gasteiger partial charge in [-0.25, -0.2) is 4.79 Å². The summed E-state index contributed by atoms with van der Waals surface area (Å²) in [6.45, 7) is 1.56. The van der Waals surface area contributed by atoms with Gasteiger partial charge in [0.05, 0.1) is 14.9 Å². The predicted octanol–water partition coefficient (Wildman–Crippen LogP) is 3.17. The number of fused-ring (bicyclic) bond motifs is 1. The summed E-state index contributed by atoms with van der Waals surface area (Å²) in [5.74, 6) is -0.472. The average Bonchev–Trinajstić information content (AvgIpc) is 3.04. The van der Waals surface area contributed by atoms with Crippen LogP contribution in [0.5, 0.6) is 0 Å². The molecule has 3 rings (SSSR count). The second-order valence-electron chi connectivity index (χ2n) is 5.93. The summed E-state index contributed by atoms with van der Waals surface area (Å²) in [6, 6.07) is 3.85. The highest BCUT2D eigenvalue weighted by Crippen LogP contribution is 2.47. The van der Waals surface area contributed by atoms with Gasteiger partial charge in [-0.2, -0.15) is 0 Å². The van der Waals surface area contributed by atoms with Crippen LogP contribution in [0.3, 0.4) is 0 Å². The van der Waals surface area contributed by atoms with Crippen LogP contribution in [0.15, 0.2) is 18.2 Å². The normalized spacial score (nSPS) is 25.7. The van der Waals surface area contributed by atoms with Gasteiger partial charge in [-0.3, -0.25) is 9.59 Å². The van der Waals surface area contributed by atoms with Crippen LogP contribution in [0, 0.1) is 0 Å². The summed E-state index contributed by atoms with van der Waals surface area (Å²) < 4.78 is 5.14. The third-order valence-electron chi connectivity index (χ3n) is 4.30. The number of thioether (sulfide) groups is 1. The predicted molar refractivity (Wildman–Crippen MR) is 92.5 cm³/mol. The molecule has 128 valence electrons. The maximum Gasteiger partial charge on any atom is 0.330 e. The van der Waals surface area contributed by atoms with Crippen molar-refractivity contribution in [2.45, 2.75) is 30.7 Å². The lowest BCUT2D eigenvalue weighted by atomic mass is 10.1. The first-order chi connectivity index (χ1) is 11.3. The van der Waals surface area contributed by atoms with Gasteiger partial charge in [0, 0.05) is 17.7 Å². The Labute approximate surface area is 153 Å². The first-order valence-corrected chi connectivity index (χ1v) is 9.17. The zero-order valence-corrected chi connectivity index (χ0v) is 15.2. The summed E-state index contributed by atoms with van der Waals surface area (Å²) in [5.41, 5.74) is 0.320. The van der Waals surface area contributed by atoms with Crippen molar-refractivity contribution in [3.63, 3.8) is 0 Å². The van der Waals surface area contributed by atoms with E-state index in [4.69, 9.17) is 27.9 Å².